The van der Waals surface area contributed by atoms with E-state index < -0.39 is 0 Å². The number of fused-ring (bicyclic) bond motifs is 1. The van der Waals surface area contributed by atoms with Crippen molar-refractivity contribution in [3.8, 4) is 0 Å². The first-order valence-electron chi connectivity index (χ1n) is 9.84. The van der Waals surface area contributed by atoms with Gasteiger partial charge in [-0.2, -0.15) is 5.10 Å². The zero-order valence-electron chi connectivity index (χ0n) is 15.7. The monoisotopic (exact) mass is 352 g/mol. The van der Waals surface area contributed by atoms with E-state index in [9.17, 15) is 4.79 Å². The number of nitrogens with one attached hydrogen (secondary N) is 1. The summed E-state index contributed by atoms with van der Waals surface area (Å²) in [5, 5.41) is 8.12. The number of hydrogen-bond donors (Lipinski definition) is 1. The Bertz CT molecular complexity index is 775. The number of Topliss-reactive ketones (excluding diaryl/α,β-unsaturated/α-hetero) is 1. The fourth-order valence-electron chi connectivity index (χ4n) is 4.48. The topological polar surface area (TPSA) is 59.8 Å². The molecule has 1 saturated carbocycles. The highest BCUT2D eigenvalue weighted by atomic mass is 16.1. The van der Waals surface area contributed by atoms with Crippen LogP contribution in [0.25, 0.3) is 0 Å². The Morgan fingerprint density at radius 2 is 2.08 bits per heavy atom. The molecule has 2 aliphatic rings. The van der Waals surface area contributed by atoms with Crippen LogP contribution < -0.4 is 5.32 Å². The predicted octanol–water partition coefficient (Wildman–Crippen LogP) is 4.72. The van der Waals surface area contributed by atoms with Crippen molar-refractivity contribution in [1.82, 2.24) is 14.8 Å². The van der Waals surface area contributed by atoms with E-state index in [4.69, 9.17) is 0 Å². The van der Waals surface area contributed by atoms with Gasteiger partial charge in [0.05, 0.1) is 29.0 Å². The van der Waals surface area contributed by atoms with Crippen molar-refractivity contribution in [2.75, 3.05) is 5.32 Å². The number of anilines is 1. The van der Waals surface area contributed by atoms with Crippen LogP contribution >= 0.6 is 0 Å². The number of carbonyl (C=O) groups excluding carboxylic acids is 1. The fraction of sp³-hybridized carbons (Fsp3) is 0.571. The lowest BCUT2D eigenvalue weighted by molar-refractivity contribution is 0.0950. The van der Waals surface area contributed by atoms with Crippen molar-refractivity contribution in [2.45, 2.75) is 70.4 Å². The highest BCUT2D eigenvalue weighted by Gasteiger charge is 2.37. The number of carbonyl (C=O) groups is 1. The molecule has 1 aliphatic carbocycles. The molecule has 1 N–H and O–H groups in total. The molecule has 1 atom stereocenters. The molecule has 5 nitrogen and oxygen atoms in total. The number of rotatable bonds is 4. The second kappa shape index (κ2) is 6.86. The number of pyridine rings is 1. The van der Waals surface area contributed by atoms with E-state index in [0.29, 0.717) is 12.3 Å². The van der Waals surface area contributed by atoms with Gasteiger partial charge in [-0.1, -0.05) is 38.2 Å². The van der Waals surface area contributed by atoms with E-state index >= 15 is 0 Å². The molecule has 2 aromatic heterocycles. The summed E-state index contributed by atoms with van der Waals surface area (Å²) in [5.74, 6) is 1.62. The Kier molecular flexibility index (Phi) is 4.55. The third kappa shape index (κ3) is 3.27. The Morgan fingerprint density at radius 3 is 2.81 bits per heavy atom. The lowest BCUT2D eigenvalue weighted by atomic mass is 9.84. The van der Waals surface area contributed by atoms with Crippen LogP contribution in [0.4, 0.5) is 5.82 Å². The second-order valence-electron chi connectivity index (χ2n) is 8.42. The molecule has 4 rings (SSSR count). The second-order valence-corrected chi connectivity index (χ2v) is 8.42. The molecular weight excluding hydrogens is 324 g/mol. The first kappa shape index (κ1) is 17.3. The first-order valence-corrected chi connectivity index (χ1v) is 9.84. The molecule has 1 aliphatic heterocycles. The summed E-state index contributed by atoms with van der Waals surface area (Å²) in [7, 11) is 0. The van der Waals surface area contributed by atoms with Crippen LogP contribution in [0.1, 0.15) is 80.9 Å². The molecule has 5 heteroatoms. The highest BCUT2D eigenvalue weighted by Crippen LogP contribution is 2.40. The van der Waals surface area contributed by atoms with Crippen LogP contribution in [-0.4, -0.2) is 20.5 Å². The zero-order chi connectivity index (χ0) is 18.1. The number of ketones is 1. The van der Waals surface area contributed by atoms with Crippen LogP contribution in [0.2, 0.25) is 0 Å². The van der Waals surface area contributed by atoms with Crippen LogP contribution in [0.5, 0.6) is 0 Å². The summed E-state index contributed by atoms with van der Waals surface area (Å²) < 4.78 is 1.99. The molecule has 1 fully saturated rings. The number of nitrogens with zero attached hydrogens (tertiary/aromatic N) is 3. The van der Waals surface area contributed by atoms with E-state index in [0.717, 1.165) is 23.5 Å². The quantitative estimate of drug-likeness (QED) is 0.809. The summed E-state index contributed by atoms with van der Waals surface area (Å²) in [6.45, 7) is 4.35. The van der Waals surface area contributed by atoms with Gasteiger partial charge >= 0.3 is 0 Å². The van der Waals surface area contributed by atoms with Crippen LogP contribution in [0.3, 0.4) is 0 Å². The summed E-state index contributed by atoms with van der Waals surface area (Å²) in [6, 6.07) is 6.08. The Labute approximate surface area is 155 Å². The molecule has 26 heavy (non-hydrogen) atoms. The fourth-order valence-corrected chi connectivity index (χ4v) is 4.48. The number of hydrogen-bond acceptors (Lipinski definition) is 4. The molecule has 3 heterocycles. The molecule has 0 spiro atoms. The predicted molar refractivity (Wildman–Crippen MR) is 102 cm³/mol. The molecular formula is C21H28N4O. The van der Waals surface area contributed by atoms with Gasteiger partial charge in [0.1, 0.15) is 5.82 Å². The molecule has 0 radical (unpaired) electrons. The van der Waals surface area contributed by atoms with Crippen molar-refractivity contribution in [3.05, 3.63) is 41.9 Å². The largest absolute Gasteiger partial charge is 0.361 e. The van der Waals surface area contributed by atoms with Gasteiger partial charge in [0, 0.05) is 12.6 Å². The number of aromatic nitrogens is 3. The highest BCUT2D eigenvalue weighted by molar-refractivity contribution is 6.00. The minimum absolute atomic E-state index is 0.0941. The minimum Gasteiger partial charge on any atom is -0.361 e. The summed E-state index contributed by atoms with van der Waals surface area (Å²) in [6.07, 6.45) is 11.3. The standard InChI is InChI=1S/C21H28N4O/c1-21(2)13-18(17-10-6-7-11-22-17)24-20-16(14-23-25(20)21)19(26)12-15-8-4-3-5-9-15/h6-7,10-11,14-15,18,24H,3-5,8-9,12-13H2,1-2H3. The third-order valence-electron chi connectivity index (χ3n) is 5.90. The van der Waals surface area contributed by atoms with Gasteiger partial charge in [-0.05, 0) is 38.3 Å². The van der Waals surface area contributed by atoms with Gasteiger partial charge < -0.3 is 5.32 Å². The minimum atomic E-state index is -0.161. The Hall–Kier alpha value is -2.17. The van der Waals surface area contributed by atoms with E-state index in [1.165, 1.54) is 32.1 Å². The molecule has 0 saturated heterocycles. The van der Waals surface area contributed by atoms with E-state index in [1.807, 2.05) is 29.1 Å². The molecule has 0 amide bonds. The van der Waals surface area contributed by atoms with Gasteiger partial charge in [-0.15, -0.1) is 0 Å². The first-order chi connectivity index (χ1) is 12.5. The van der Waals surface area contributed by atoms with Crippen LogP contribution in [0, 0.1) is 5.92 Å². The maximum Gasteiger partial charge on any atom is 0.168 e. The molecule has 138 valence electrons. The SMILES string of the molecule is CC1(C)CC(c2ccccn2)Nc2c(C(=O)CC3CCCCC3)cnn21. The Morgan fingerprint density at radius 1 is 1.27 bits per heavy atom. The van der Waals surface area contributed by atoms with Gasteiger partial charge in [-0.25, -0.2) is 4.68 Å². The molecule has 0 bridgehead atoms. The van der Waals surface area contributed by atoms with Crippen LogP contribution in [-0.2, 0) is 5.54 Å². The van der Waals surface area contributed by atoms with Gasteiger partial charge in [0.2, 0.25) is 0 Å². The summed E-state index contributed by atoms with van der Waals surface area (Å²) >= 11 is 0. The van der Waals surface area contributed by atoms with Crippen molar-refractivity contribution in [1.29, 1.82) is 0 Å². The van der Waals surface area contributed by atoms with Crippen molar-refractivity contribution >= 4 is 11.6 Å². The van der Waals surface area contributed by atoms with Gasteiger partial charge in [0.25, 0.3) is 0 Å². The lowest BCUT2D eigenvalue weighted by Gasteiger charge is -2.38. The van der Waals surface area contributed by atoms with Gasteiger partial charge in [-0.3, -0.25) is 9.78 Å². The lowest BCUT2D eigenvalue weighted by Crippen LogP contribution is -2.38. The van der Waals surface area contributed by atoms with E-state index in [2.05, 4.69) is 29.2 Å². The molecule has 1 unspecified atom stereocenters. The maximum absolute atomic E-state index is 13.0. The van der Waals surface area contributed by atoms with Crippen molar-refractivity contribution in [3.63, 3.8) is 0 Å². The zero-order valence-corrected chi connectivity index (χ0v) is 15.7. The van der Waals surface area contributed by atoms with Crippen LogP contribution in [0.15, 0.2) is 30.6 Å². The summed E-state index contributed by atoms with van der Waals surface area (Å²) in [4.78, 5) is 17.5. The summed E-state index contributed by atoms with van der Waals surface area (Å²) in [5.41, 5.74) is 1.59. The normalized spacial score (nSPS) is 22.5. The smallest absolute Gasteiger partial charge is 0.168 e. The van der Waals surface area contributed by atoms with E-state index in [-0.39, 0.29) is 17.4 Å². The Balaban J connectivity index is 1.60. The van der Waals surface area contributed by atoms with Crippen molar-refractivity contribution < 1.29 is 4.79 Å². The van der Waals surface area contributed by atoms with Gasteiger partial charge in [0.15, 0.2) is 5.78 Å². The average Bonchev–Trinajstić information content (AvgIpc) is 3.08. The van der Waals surface area contributed by atoms with E-state index in [1.54, 1.807) is 6.20 Å². The third-order valence-corrected chi connectivity index (χ3v) is 5.90. The average molecular weight is 352 g/mol. The van der Waals surface area contributed by atoms with Crippen molar-refractivity contribution in [2.24, 2.45) is 5.92 Å². The molecule has 2 aromatic rings. The maximum atomic E-state index is 13.0. The molecule has 0 aromatic carbocycles.